The molecule has 0 N–H and O–H groups in total. The molecule has 4 rings (SSSR count). The Balaban J connectivity index is 1.56. The molecule has 1 aliphatic rings. The molecule has 0 unspecified atom stereocenters. The van der Waals surface area contributed by atoms with Crippen molar-refractivity contribution in [2.24, 2.45) is 0 Å². The summed E-state index contributed by atoms with van der Waals surface area (Å²) in [7, 11) is -3.13. The van der Waals surface area contributed by atoms with Crippen molar-refractivity contribution in [1.29, 1.82) is 0 Å². The molecule has 3 aromatic rings. The van der Waals surface area contributed by atoms with Crippen LogP contribution in [-0.4, -0.2) is 48.0 Å². The van der Waals surface area contributed by atoms with Gasteiger partial charge in [0.15, 0.2) is 5.78 Å². The first-order valence-corrected chi connectivity index (χ1v) is 13.1. The van der Waals surface area contributed by atoms with Crippen molar-refractivity contribution in [3.8, 4) is 0 Å². The van der Waals surface area contributed by atoms with Gasteiger partial charge in [-0.05, 0) is 54.0 Å². The third kappa shape index (κ3) is 5.54. The van der Waals surface area contributed by atoms with Gasteiger partial charge in [-0.2, -0.15) is 10.2 Å². The number of hydrogen-bond donors (Lipinski definition) is 0. The smallest absolute Gasteiger partial charge is 0.211 e. The quantitative estimate of drug-likeness (QED) is 0.487. The summed E-state index contributed by atoms with van der Waals surface area (Å²) in [5.41, 5.74) is 5.18. The summed E-state index contributed by atoms with van der Waals surface area (Å²) < 4.78 is 25.1. The number of carbonyl (C=O) groups excluding carboxylic acids is 1. The average molecular weight is 464 g/mol. The van der Waals surface area contributed by atoms with Gasteiger partial charge in [0.2, 0.25) is 10.0 Å². The fourth-order valence-electron chi connectivity index (χ4n) is 4.67. The van der Waals surface area contributed by atoms with Gasteiger partial charge in [0.25, 0.3) is 0 Å². The third-order valence-corrected chi connectivity index (χ3v) is 7.90. The molecule has 2 aromatic carbocycles. The molecule has 1 fully saturated rings. The zero-order valence-electron chi connectivity index (χ0n) is 19.0. The zero-order valence-corrected chi connectivity index (χ0v) is 19.8. The van der Waals surface area contributed by atoms with Crippen LogP contribution in [0.5, 0.6) is 0 Å². The van der Waals surface area contributed by atoms with Crippen LogP contribution in [-0.2, 0) is 10.0 Å². The van der Waals surface area contributed by atoms with Gasteiger partial charge in [0.05, 0.1) is 18.6 Å². The van der Waals surface area contributed by atoms with Crippen LogP contribution >= 0.6 is 0 Å². The van der Waals surface area contributed by atoms with E-state index in [1.807, 2.05) is 12.1 Å². The molecule has 1 atom stereocenters. The van der Waals surface area contributed by atoms with Crippen LogP contribution in [0, 0.1) is 6.92 Å². The van der Waals surface area contributed by atoms with Gasteiger partial charge in [0, 0.05) is 31.0 Å². The molecule has 0 saturated carbocycles. The zero-order chi connectivity index (χ0) is 23.4. The van der Waals surface area contributed by atoms with E-state index in [-0.39, 0.29) is 11.7 Å². The van der Waals surface area contributed by atoms with Crippen molar-refractivity contribution < 1.29 is 13.2 Å². The van der Waals surface area contributed by atoms with Crippen molar-refractivity contribution in [2.45, 2.75) is 38.0 Å². The summed E-state index contributed by atoms with van der Waals surface area (Å²) in [6, 6.07) is 18.4. The van der Waals surface area contributed by atoms with Gasteiger partial charge in [-0.15, -0.1) is 0 Å². The van der Waals surface area contributed by atoms with Gasteiger partial charge in [-0.3, -0.25) is 4.79 Å². The first-order valence-electron chi connectivity index (χ1n) is 11.2. The maximum absolute atomic E-state index is 13.0. The van der Waals surface area contributed by atoms with Crippen LogP contribution in [0.1, 0.15) is 63.7 Å². The lowest BCUT2D eigenvalue weighted by molar-refractivity contribution is 0.0977. The highest BCUT2D eigenvalue weighted by atomic mass is 32.2. The fraction of sp³-hybridized carbons (Fsp3) is 0.346. The second kappa shape index (κ2) is 9.93. The molecule has 7 heteroatoms. The van der Waals surface area contributed by atoms with Crippen LogP contribution < -0.4 is 0 Å². The highest BCUT2D eigenvalue weighted by Gasteiger charge is 2.26. The normalized spacial score (nSPS) is 16.4. The van der Waals surface area contributed by atoms with Gasteiger partial charge >= 0.3 is 0 Å². The Bertz CT molecular complexity index is 1200. The third-order valence-electron chi connectivity index (χ3n) is 6.59. The summed E-state index contributed by atoms with van der Waals surface area (Å²) in [6.07, 6.45) is 6.32. The molecule has 0 spiro atoms. The van der Waals surface area contributed by atoms with Gasteiger partial charge in [-0.1, -0.05) is 48.5 Å². The van der Waals surface area contributed by atoms with Gasteiger partial charge in [0.1, 0.15) is 0 Å². The van der Waals surface area contributed by atoms with Crippen LogP contribution in [0.4, 0.5) is 0 Å². The summed E-state index contributed by atoms with van der Waals surface area (Å²) in [6.45, 7) is 3.20. The first-order chi connectivity index (χ1) is 15.8. The molecular weight excluding hydrogens is 434 g/mol. The van der Waals surface area contributed by atoms with E-state index in [4.69, 9.17) is 0 Å². The SMILES string of the molecule is Cc1ccccc1[C@H](CC(=O)c1ccnnc1)c1ccc(C2CCN(S(C)(=O)=O)CC2)cc1. The maximum Gasteiger partial charge on any atom is 0.211 e. The second-order valence-corrected chi connectivity index (χ2v) is 10.8. The predicted octanol–water partition coefficient (Wildman–Crippen LogP) is 4.33. The number of aromatic nitrogens is 2. The highest BCUT2D eigenvalue weighted by Crippen LogP contribution is 2.34. The van der Waals surface area contributed by atoms with Crippen LogP contribution in [0.25, 0.3) is 0 Å². The number of sulfonamides is 1. The summed E-state index contributed by atoms with van der Waals surface area (Å²) >= 11 is 0. The number of aryl methyl sites for hydroxylation is 1. The molecule has 1 aromatic heterocycles. The van der Waals surface area contributed by atoms with E-state index >= 15 is 0 Å². The number of piperidine rings is 1. The minimum Gasteiger partial charge on any atom is -0.294 e. The van der Waals surface area contributed by atoms with Crippen LogP contribution in [0.15, 0.2) is 67.0 Å². The minimum atomic E-state index is -3.13. The van der Waals surface area contributed by atoms with Crippen molar-refractivity contribution in [3.05, 3.63) is 94.8 Å². The van der Waals surface area contributed by atoms with Crippen LogP contribution in [0.2, 0.25) is 0 Å². The lowest BCUT2D eigenvalue weighted by Crippen LogP contribution is -2.37. The Labute approximate surface area is 195 Å². The van der Waals surface area contributed by atoms with Gasteiger partial charge < -0.3 is 0 Å². The monoisotopic (exact) mass is 463 g/mol. The van der Waals surface area contributed by atoms with Crippen molar-refractivity contribution in [2.75, 3.05) is 19.3 Å². The number of Topliss-reactive ketones (excluding diaryl/α,β-unsaturated/α-hetero) is 1. The van der Waals surface area contributed by atoms with E-state index in [0.717, 1.165) is 29.5 Å². The highest BCUT2D eigenvalue weighted by molar-refractivity contribution is 7.88. The Kier molecular flexibility index (Phi) is 7.00. The maximum atomic E-state index is 13.0. The van der Waals surface area contributed by atoms with Crippen LogP contribution in [0.3, 0.4) is 0 Å². The minimum absolute atomic E-state index is 0.0374. The Morgan fingerprint density at radius 2 is 1.73 bits per heavy atom. The Hall–Kier alpha value is -2.90. The average Bonchev–Trinajstić information content (AvgIpc) is 2.83. The molecule has 2 heterocycles. The molecule has 0 radical (unpaired) electrons. The fourth-order valence-corrected chi connectivity index (χ4v) is 5.54. The van der Waals surface area contributed by atoms with Crippen molar-refractivity contribution >= 4 is 15.8 Å². The predicted molar refractivity (Wildman–Crippen MR) is 129 cm³/mol. The lowest BCUT2D eigenvalue weighted by Gasteiger charge is -2.30. The second-order valence-electron chi connectivity index (χ2n) is 8.77. The van der Waals surface area contributed by atoms with Gasteiger partial charge in [-0.25, -0.2) is 12.7 Å². The molecule has 1 saturated heterocycles. The van der Waals surface area contributed by atoms with E-state index in [0.29, 0.717) is 31.0 Å². The summed E-state index contributed by atoms with van der Waals surface area (Å²) in [5, 5.41) is 7.62. The molecule has 0 amide bonds. The number of benzene rings is 2. The summed E-state index contributed by atoms with van der Waals surface area (Å²) in [4.78, 5) is 13.0. The molecule has 0 aliphatic carbocycles. The number of ketones is 1. The number of nitrogens with zero attached hydrogens (tertiary/aromatic N) is 3. The number of carbonyl (C=O) groups is 1. The molecule has 1 aliphatic heterocycles. The Morgan fingerprint density at radius 1 is 1.03 bits per heavy atom. The largest absolute Gasteiger partial charge is 0.294 e. The Morgan fingerprint density at radius 3 is 2.33 bits per heavy atom. The summed E-state index contributed by atoms with van der Waals surface area (Å²) in [5.74, 6) is 0.321. The van der Waals surface area contributed by atoms with E-state index in [2.05, 4.69) is 53.5 Å². The van der Waals surface area contributed by atoms with E-state index in [9.17, 15) is 13.2 Å². The van der Waals surface area contributed by atoms with Crippen molar-refractivity contribution in [3.63, 3.8) is 0 Å². The number of hydrogen-bond acceptors (Lipinski definition) is 5. The van der Waals surface area contributed by atoms with E-state index in [1.54, 1.807) is 16.6 Å². The lowest BCUT2D eigenvalue weighted by atomic mass is 9.82. The number of rotatable bonds is 7. The molecular formula is C26H29N3O3S. The first kappa shape index (κ1) is 23.3. The molecule has 172 valence electrons. The van der Waals surface area contributed by atoms with E-state index < -0.39 is 10.0 Å². The van der Waals surface area contributed by atoms with Crippen molar-refractivity contribution in [1.82, 2.24) is 14.5 Å². The molecule has 33 heavy (non-hydrogen) atoms. The molecule has 6 nitrogen and oxygen atoms in total. The standard InChI is InChI=1S/C26H29N3O3S/c1-19-5-3-4-6-24(19)25(17-26(30)23-11-14-27-28-18-23)22-9-7-20(8-10-22)21-12-15-29(16-13-21)33(2,31)32/h3-11,14,18,21,25H,12-13,15-17H2,1-2H3/t25-/m1/s1. The topological polar surface area (TPSA) is 80.2 Å². The van der Waals surface area contributed by atoms with E-state index in [1.165, 1.54) is 18.0 Å². The molecule has 0 bridgehead atoms.